The van der Waals surface area contributed by atoms with E-state index in [9.17, 15) is 14.7 Å². The van der Waals surface area contributed by atoms with Crippen molar-refractivity contribution in [2.24, 2.45) is 0 Å². The largest absolute Gasteiger partial charge is 0.373 e. The lowest BCUT2D eigenvalue weighted by atomic mass is 9.96. The van der Waals surface area contributed by atoms with Gasteiger partial charge in [0.15, 0.2) is 0 Å². The molecule has 0 heterocycles. The molecule has 0 unspecified atom stereocenters. The van der Waals surface area contributed by atoms with Crippen molar-refractivity contribution in [3.63, 3.8) is 0 Å². The van der Waals surface area contributed by atoms with Crippen LogP contribution in [0.2, 0.25) is 0 Å². The molecule has 0 saturated heterocycles. The molecule has 0 spiro atoms. The number of amides is 1. The molecule has 1 amide bonds. The molecule has 0 radical (unpaired) electrons. The van der Waals surface area contributed by atoms with E-state index in [0.29, 0.717) is 11.1 Å². The molecule has 0 aliphatic heterocycles. The summed E-state index contributed by atoms with van der Waals surface area (Å²) < 4.78 is 0. The number of fused-ring (bicyclic) bond motifs is 1. The first-order valence-corrected chi connectivity index (χ1v) is 5.92. The van der Waals surface area contributed by atoms with Crippen LogP contribution < -0.4 is 5.32 Å². The minimum absolute atomic E-state index is 0.0456. The van der Waals surface area contributed by atoms with Crippen molar-refractivity contribution in [3.05, 3.63) is 35.4 Å². The normalized spacial score (nSPS) is 22.8. The molecule has 4 heteroatoms. The maximum atomic E-state index is 12.1. The van der Waals surface area contributed by atoms with Crippen LogP contribution in [0.25, 0.3) is 0 Å². The fourth-order valence-corrected chi connectivity index (χ4v) is 2.10. The zero-order valence-electron chi connectivity index (χ0n) is 10.8. The summed E-state index contributed by atoms with van der Waals surface area (Å²) in [5.74, 6) is -1.14. The van der Waals surface area contributed by atoms with Crippen molar-refractivity contribution in [3.8, 4) is 0 Å². The van der Waals surface area contributed by atoms with Gasteiger partial charge in [0.2, 0.25) is 11.4 Å². The molecule has 18 heavy (non-hydrogen) atoms. The molecule has 96 valence electrons. The van der Waals surface area contributed by atoms with Gasteiger partial charge >= 0.3 is 0 Å². The number of carbonyl (C=O) groups is 2. The Labute approximate surface area is 106 Å². The lowest BCUT2D eigenvalue weighted by Gasteiger charge is -2.27. The van der Waals surface area contributed by atoms with Gasteiger partial charge in [-0.2, -0.15) is 0 Å². The Bertz CT molecular complexity index is 516. The van der Waals surface area contributed by atoms with E-state index in [1.807, 2.05) is 0 Å². The van der Waals surface area contributed by atoms with E-state index in [1.165, 1.54) is 0 Å². The Morgan fingerprint density at radius 1 is 1.33 bits per heavy atom. The van der Waals surface area contributed by atoms with Gasteiger partial charge < -0.3 is 10.4 Å². The molecule has 1 aliphatic carbocycles. The molecule has 0 aromatic heterocycles. The second-order valence-corrected chi connectivity index (χ2v) is 5.73. The standard InChI is InChI=1S/C14H17NO3/c1-13(2,3)15-12(17)14(18)8-9-6-4-5-7-10(9)11(14)16/h4-7,18H,8H2,1-3H3,(H,15,17)/t14-/m0/s1. The number of hydrogen-bond acceptors (Lipinski definition) is 3. The third-order valence-electron chi connectivity index (χ3n) is 2.95. The molecule has 1 atom stereocenters. The van der Waals surface area contributed by atoms with Gasteiger partial charge in [-0.3, -0.25) is 9.59 Å². The molecule has 2 N–H and O–H groups in total. The number of carbonyl (C=O) groups excluding carboxylic acids is 2. The van der Waals surface area contributed by atoms with E-state index >= 15 is 0 Å². The molecule has 1 aromatic carbocycles. The van der Waals surface area contributed by atoms with E-state index in [2.05, 4.69) is 5.32 Å². The first kappa shape index (κ1) is 12.8. The van der Waals surface area contributed by atoms with Crippen LogP contribution in [0.3, 0.4) is 0 Å². The van der Waals surface area contributed by atoms with Crippen molar-refractivity contribution >= 4 is 11.7 Å². The lowest BCUT2D eigenvalue weighted by Crippen LogP contribution is -2.56. The third kappa shape index (κ3) is 2.04. The zero-order chi connectivity index (χ0) is 13.6. The second kappa shape index (κ2) is 3.92. The van der Waals surface area contributed by atoms with E-state index in [4.69, 9.17) is 0 Å². The maximum absolute atomic E-state index is 12.1. The van der Waals surface area contributed by atoms with Crippen LogP contribution in [0.5, 0.6) is 0 Å². The summed E-state index contributed by atoms with van der Waals surface area (Å²) in [5, 5.41) is 13.0. The van der Waals surface area contributed by atoms with E-state index in [-0.39, 0.29) is 6.42 Å². The molecular weight excluding hydrogens is 230 g/mol. The minimum Gasteiger partial charge on any atom is -0.373 e. The monoisotopic (exact) mass is 247 g/mol. The van der Waals surface area contributed by atoms with Gasteiger partial charge in [-0.25, -0.2) is 0 Å². The number of nitrogens with one attached hydrogen (secondary N) is 1. The Morgan fingerprint density at radius 2 is 1.94 bits per heavy atom. The van der Waals surface area contributed by atoms with Crippen LogP contribution in [0.4, 0.5) is 0 Å². The highest BCUT2D eigenvalue weighted by Gasteiger charge is 2.50. The number of hydrogen-bond donors (Lipinski definition) is 2. The fraction of sp³-hybridized carbons (Fsp3) is 0.429. The van der Waals surface area contributed by atoms with Crippen molar-refractivity contribution < 1.29 is 14.7 Å². The van der Waals surface area contributed by atoms with Crippen LogP contribution in [0.1, 0.15) is 36.7 Å². The van der Waals surface area contributed by atoms with E-state index in [1.54, 1.807) is 45.0 Å². The predicted molar refractivity (Wildman–Crippen MR) is 67.3 cm³/mol. The zero-order valence-corrected chi connectivity index (χ0v) is 10.8. The molecule has 0 saturated carbocycles. The molecule has 1 aromatic rings. The van der Waals surface area contributed by atoms with Gasteiger partial charge in [0, 0.05) is 17.5 Å². The van der Waals surface area contributed by atoms with Gasteiger partial charge in [-0.15, -0.1) is 0 Å². The van der Waals surface area contributed by atoms with Crippen molar-refractivity contribution in [1.82, 2.24) is 5.32 Å². The Morgan fingerprint density at radius 3 is 2.50 bits per heavy atom. The van der Waals surface area contributed by atoms with Crippen LogP contribution in [0, 0.1) is 0 Å². The molecular formula is C14H17NO3. The highest BCUT2D eigenvalue weighted by Crippen LogP contribution is 2.30. The summed E-state index contributed by atoms with van der Waals surface area (Å²) in [4.78, 5) is 24.2. The number of benzene rings is 1. The fourth-order valence-electron chi connectivity index (χ4n) is 2.10. The van der Waals surface area contributed by atoms with Crippen LogP contribution >= 0.6 is 0 Å². The summed E-state index contributed by atoms with van der Waals surface area (Å²) in [7, 11) is 0. The summed E-state index contributed by atoms with van der Waals surface area (Å²) in [5.41, 5.74) is -1.29. The van der Waals surface area contributed by atoms with Crippen molar-refractivity contribution in [2.45, 2.75) is 38.3 Å². The molecule has 1 aliphatic rings. The topological polar surface area (TPSA) is 66.4 Å². The van der Waals surface area contributed by atoms with Crippen LogP contribution in [0.15, 0.2) is 24.3 Å². The minimum atomic E-state index is -1.96. The molecule has 2 rings (SSSR count). The highest BCUT2D eigenvalue weighted by atomic mass is 16.3. The molecule has 4 nitrogen and oxygen atoms in total. The van der Waals surface area contributed by atoms with Crippen molar-refractivity contribution in [1.29, 1.82) is 0 Å². The Balaban J connectivity index is 2.31. The lowest BCUT2D eigenvalue weighted by molar-refractivity contribution is -0.136. The number of aliphatic hydroxyl groups is 1. The number of ketones is 1. The van der Waals surface area contributed by atoms with Crippen LogP contribution in [-0.2, 0) is 11.2 Å². The van der Waals surface area contributed by atoms with E-state index < -0.39 is 22.8 Å². The summed E-state index contributed by atoms with van der Waals surface area (Å²) in [6.45, 7) is 5.42. The summed E-state index contributed by atoms with van der Waals surface area (Å²) >= 11 is 0. The average molecular weight is 247 g/mol. The first-order valence-electron chi connectivity index (χ1n) is 5.92. The summed E-state index contributed by atoms with van der Waals surface area (Å²) in [6, 6.07) is 6.92. The van der Waals surface area contributed by atoms with Gasteiger partial charge in [-0.1, -0.05) is 24.3 Å². The van der Waals surface area contributed by atoms with Crippen LogP contribution in [-0.4, -0.2) is 27.9 Å². The Hall–Kier alpha value is -1.68. The molecule has 0 bridgehead atoms. The predicted octanol–water partition coefficient (Wildman–Crippen LogP) is 1.07. The van der Waals surface area contributed by atoms with Gasteiger partial charge in [0.1, 0.15) is 0 Å². The number of rotatable bonds is 1. The summed E-state index contributed by atoms with van der Waals surface area (Å²) in [6.07, 6.45) is 0.0456. The van der Waals surface area contributed by atoms with Crippen molar-refractivity contribution in [2.75, 3.05) is 0 Å². The quantitative estimate of drug-likeness (QED) is 0.729. The highest BCUT2D eigenvalue weighted by molar-refractivity contribution is 6.20. The van der Waals surface area contributed by atoms with E-state index in [0.717, 1.165) is 0 Å². The SMILES string of the molecule is CC(C)(C)NC(=O)[C@]1(O)Cc2ccccc2C1=O. The van der Waals surface area contributed by atoms with Gasteiger partial charge in [0.25, 0.3) is 5.91 Å². The average Bonchev–Trinajstić information content (AvgIpc) is 2.51. The third-order valence-corrected chi connectivity index (χ3v) is 2.95. The molecule has 0 fully saturated rings. The van der Waals surface area contributed by atoms with Gasteiger partial charge in [-0.05, 0) is 26.3 Å². The smallest absolute Gasteiger partial charge is 0.260 e. The Kier molecular flexibility index (Phi) is 2.78. The second-order valence-electron chi connectivity index (χ2n) is 5.73. The number of Topliss-reactive ketones (excluding diaryl/α,β-unsaturated/α-hetero) is 1. The maximum Gasteiger partial charge on any atom is 0.260 e. The van der Waals surface area contributed by atoms with Gasteiger partial charge in [0.05, 0.1) is 0 Å². The first-order chi connectivity index (χ1) is 8.24.